The number of rotatable bonds is 4. The summed E-state index contributed by atoms with van der Waals surface area (Å²) in [6, 6.07) is 7.28. The SMILES string of the molecule is Cc1nn(C)cc1CNCc1cccc(O)c1.Cl. The Kier molecular flexibility index (Phi) is 5.19. The molecule has 0 aliphatic rings. The van der Waals surface area contributed by atoms with Crippen molar-refractivity contribution in [3.63, 3.8) is 0 Å². The van der Waals surface area contributed by atoms with Gasteiger partial charge in [0.15, 0.2) is 0 Å². The van der Waals surface area contributed by atoms with Crippen LogP contribution in [0.2, 0.25) is 0 Å². The number of benzene rings is 1. The van der Waals surface area contributed by atoms with E-state index in [0.717, 1.165) is 24.3 Å². The second-order valence-electron chi connectivity index (χ2n) is 4.19. The second kappa shape index (κ2) is 6.42. The molecule has 0 saturated heterocycles. The Morgan fingerprint density at radius 3 is 2.72 bits per heavy atom. The average Bonchev–Trinajstić information content (AvgIpc) is 2.58. The van der Waals surface area contributed by atoms with Gasteiger partial charge in [0.05, 0.1) is 5.69 Å². The summed E-state index contributed by atoms with van der Waals surface area (Å²) >= 11 is 0. The second-order valence-corrected chi connectivity index (χ2v) is 4.19. The van der Waals surface area contributed by atoms with Crippen LogP contribution in [-0.4, -0.2) is 14.9 Å². The molecule has 0 atom stereocenters. The Bertz CT molecular complexity index is 511. The highest BCUT2D eigenvalue weighted by atomic mass is 35.5. The monoisotopic (exact) mass is 267 g/mol. The van der Waals surface area contributed by atoms with Gasteiger partial charge in [-0.15, -0.1) is 12.4 Å². The smallest absolute Gasteiger partial charge is 0.115 e. The van der Waals surface area contributed by atoms with Gasteiger partial charge in [0, 0.05) is 31.9 Å². The van der Waals surface area contributed by atoms with Gasteiger partial charge in [0.1, 0.15) is 5.75 Å². The molecule has 0 amide bonds. The Morgan fingerprint density at radius 2 is 2.11 bits per heavy atom. The molecule has 1 heterocycles. The molecule has 0 spiro atoms. The van der Waals surface area contributed by atoms with Crippen molar-refractivity contribution >= 4 is 12.4 Å². The summed E-state index contributed by atoms with van der Waals surface area (Å²) in [5.74, 6) is 0.307. The number of halogens is 1. The normalized spacial score (nSPS) is 10.1. The van der Waals surface area contributed by atoms with Gasteiger partial charge in [-0.1, -0.05) is 12.1 Å². The van der Waals surface area contributed by atoms with Gasteiger partial charge in [-0.3, -0.25) is 4.68 Å². The number of hydrogen-bond acceptors (Lipinski definition) is 3. The number of hydrogen-bond donors (Lipinski definition) is 2. The van der Waals surface area contributed by atoms with Crippen molar-refractivity contribution in [2.24, 2.45) is 7.05 Å². The number of nitrogens with one attached hydrogen (secondary N) is 1. The van der Waals surface area contributed by atoms with E-state index in [2.05, 4.69) is 10.4 Å². The fraction of sp³-hybridized carbons (Fsp3) is 0.308. The minimum atomic E-state index is 0. The van der Waals surface area contributed by atoms with Crippen LogP contribution < -0.4 is 5.32 Å². The molecule has 1 aromatic heterocycles. The van der Waals surface area contributed by atoms with Gasteiger partial charge in [0.25, 0.3) is 0 Å². The summed E-state index contributed by atoms with van der Waals surface area (Å²) in [5, 5.41) is 17.0. The Labute approximate surface area is 113 Å². The number of aryl methyl sites for hydroxylation is 2. The molecule has 0 fully saturated rings. The Morgan fingerprint density at radius 1 is 1.33 bits per heavy atom. The zero-order chi connectivity index (χ0) is 12.3. The van der Waals surface area contributed by atoms with E-state index in [1.54, 1.807) is 12.1 Å². The maximum atomic E-state index is 9.34. The average molecular weight is 268 g/mol. The van der Waals surface area contributed by atoms with Gasteiger partial charge in [0.2, 0.25) is 0 Å². The van der Waals surface area contributed by atoms with Gasteiger partial charge < -0.3 is 10.4 Å². The van der Waals surface area contributed by atoms with Gasteiger partial charge >= 0.3 is 0 Å². The summed E-state index contributed by atoms with van der Waals surface area (Å²) in [7, 11) is 1.92. The maximum absolute atomic E-state index is 9.34. The van der Waals surface area contributed by atoms with E-state index in [9.17, 15) is 5.11 Å². The highest BCUT2D eigenvalue weighted by molar-refractivity contribution is 5.85. The Hall–Kier alpha value is -1.52. The maximum Gasteiger partial charge on any atom is 0.115 e. The molecule has 1 aromatic carbocycles. The third kappa shape index (κ3) is 3.75. The lowest BCUT2D eigenvalue weighted by Gasteiger charge is -2.04. The van der Waals surface area contributed by atoms with Crippen LogP contribution in [0.15, 0.2) is 30.5 Å². The summed E-state index contributed by atoms with van der Waals surface area (Å²) in [5.41, 5.74) is 3.33. The first kappa shape index (κ1) is 14.5. The fourth-order valence-electron chi connectivity index (χ4n) is 1.83. The lowest BCUT2D eigenvalue weighted by molar-refractivity contribution is 0.474. The van der Waals surface area contributed by atoms with Crippen LogP contribution in [-0.2, 0) is 20.1 Å². The number of aromatic nitrogens is 2. The topological polar surface area (TPSA) is 50.1 Å². The van der Waals surface area contributed by atoms with Crippen LogP contribution in [0.25, 0.3) is 0 Å². The van der Waals surface area contributed by atoms with Crippen molar-refractivity contribution in [3.8, 4) is 5.75 Å². The molecule has 98 valence electrons. The van der Waals surface area contributed by atoms with Gasteiger partial charge in [-0.2, -0.15) is 5.10 Å². The zero-order valence-corrected chi connectivity index (χ0v) is 11.4. The first-order valence-corrected chi connectivity index (χ1v) is 5.63. The first-order valence-electron chi connectivity index (χ1n) is 5.63. The first-order chi connectivity index (χ1) is 8.15. The molecule has 0 aliphatic carbocycles. The van der Waals surface area contributed by atoms with Gasteiger partial charge in [-0.25, -0.2) is 0 Å². The molecule has 4 nitrogen and oxygen atoms in total. The highest BCUT2D eigenvalue weighted by Gasteiger charge is 2.02. The minimum Gasteiger partial charge on any atom is -0.508 e. The summed E-state index contributed by atoms with van der Waals surface area (Å²) in [6.45, 7) is 3.53. The third-order valence-corrected chi connectivity index (χ3v) is 2.67. The van der Waals surface area contributed by atoms with Crippen LogP contribution in [0.4, 0.5) is 0 Å². The van der Waals surface area contributed by atoms with E-state index < -0.39 is 0 Å². The lowest BCUT2D eigenvalue weighted by Crippen LogP contribution is -2.12. The Balaban J connectivity index is 0.00000162. The molecule has 0 radical (unpaired) electrons. The molecule has 2 N–H and O–H groups in total. The summed E-state index contributed by atoms with van der Waals surface area (Å²) in [4.78, 5) is 0. The fourth-order valence-corrected chi connectivity index (χ4v) is 1.83. The highest BCUT2D eigenvalue weighted by Crippen LogP contribution is 2.11. The third-order valence-electron chi connectivity index (χ3n) is 2.67. The van der Waals surface area contributed by atoms with E-state index in [0.29, 0.717) is 5.75 Å². The van der Waals surface area contributed by atoms with E-state index in [1.807, 2.05) is 37.0 Å². The predicted octanol–water partition coefficient (Wildman–Crippen LogP) is 2.15. The molecule has 0 bridgehead atoms. The minimum absolute atomic E-state index is 0. The van der Waals surface area contributed by atoms with Crippen molar-refractivity contribution in [2.45, 2.75) is 20.0 Å². The van der Waals surface area contributed by atoms with Crippen molar-refractivity contribution < 1.29 is 5.11 Å². The van der Waals surface area contributed by atoms with Crippen molar-refractivity contribution in [2.75, 3.05) is 0 Å². The molecule has 0 unspecified atom stereocenters. The standard InChI is InChI=1S/C13H17N3O.ClH/c1-10-12(9-16(2)15-10)8-14-7-11-4-3-5-13(17)6-11;/h3-6,9,14,17H,7-8H2,1-2H3;1H. The van der Waals surface area contributed by atoms with E-state index in [-0.39, 0.29) is 12.4 Å². The van der Waals surface area contributed by atoms with E-state index in [4.69, 9.17) is 0 Å². The van der Waals surface area contributed by atoms with Crippen LogP contribution >= 0.6 is 12.4 Å². The van der Waals surface area contributed by atoms with Crippen LogP contribution in [0, 0.1) is 6.92 Å². The molecule has 5 heteroatoms. The van der Waals surface area contributed by atoms with E-state index in [1.165, 1.54) is 5.56 Å². The van der Waals surface area contributed by atoms with Crippen molar-refractivity contribution in [1.82, 2.24) is 15.1 Å². The summed E-state index contributed by atoms with van der Waals surface area (Å²) < 4.78 is 1.82. The lowest BCUT2D eigenvalue weighted by atomic mass is 10.2. The molecule has 18 heavy (non-hydrogen) atoms. The largest absolute Gasteiger partial charge is 0.508 e. The van der Waals surface area contributed by atoms with Crippen LogP contribution in [0.5, 0.6) is 5.75 Å². The molecule has 2 rings (SSSR count). The molecule has 0 aliphatic heterocycles. The summed E-state index contributed by atoms with van der Waals surface area (Å²) in [6.07, 6.45) is 2.02. The molecular formula is C13H18ClN3O. The quantitative estimate of drug-likeness (QED) is 0.892. The van der Waals surface area contributed by atoms with Crippen molar-refractivity contribution in [1.29, 1.82) is 0 Å². The molecule has 0 saturated carbocycles. The zero-order valence-electron chi connectivity index (χ0n) is 10.6. The van der Waals surface area contributed by atoms with E-state index >= 15 is 0 Å². The molecule has 2 aromatic rings. The number of nitrogens with zero attached hydrogens (tertiary/aromatic N) is 2. The van der Waals surface area contributed by atoms with Crippen LogP contribution in [0.3, 0.4) is 0 Å². The molecular weight excluding hydrogens is 250 g/mol. The van der Waals surface area contributed by atoms with Gasteiger partial charge in [-0.05, 0) is 24.6 Å². The number of phenolic OH excluding ortho intramolecular Hbond substituents is 1. The number of aromatic hydroxyl groups is 1. The predicted molar refractivity (Wildman–Crippen MR) is 73.8 cm³/mol. The van der Waals surface area contributed by atoms with Crippen molar-refractivity contribution in [3.05, 3.63) is 47.3 Å². The number of phenols is 1. The van der Waals surface area contributed by atoms with Crippen LogP contribution in [0.1, 0.15) is 16.8 Å².